The summed E-state index contributed by atoms with van der Waals surface area (Å²) in [4.78, 5) is 43.9. The Balaban J connectivity index is 1.81. The van der Waals surface area contributed by atoms with Gasteiger partial charge in [-0.2, -0.15) is 0 Å². The van der Waals surface area contributed by atoms with Crippen molar-refractivity contribution in [1.29, 1.82) is 0 Å². The van der Waals surface area contributed by atoms with E-state index >= 15 is 0 Å². The zero-order chi connectivity index (χ0) is 26.0. The van der Waals surface area contributed by atoms with Gasteiger partial charge in [-0.1, -0.05) is 47.7 Å². The van der Waals surface area contributed by atoms with E-state index in [1.807, 2.05) is 77.1 Å². The molecule has 4 aromatic rings. The van der Waals surface area contributed by atoms with Crippen molar-refractivity contribution in [1.82, 2.24) is 14.9 Å². The van der Waals surface area contributed by atoms with Gasteiger partial charge in [-0.15, -0.1) is 0 Å². The Labute approximate surface area is 214 Å². The minimum Gasteiger partial charge on any atom is -0.350 e. The summed E-state index contributed by atoms with van der Waals surface area (Å²) in [6, 6.07) is 18.2. The van der Waals surface area contributed by atoms with Crippen LogP contribution in [-0.2, 0) is 0 Å². The number of nitrogens with one attached hydrogen (secondary N) is 1. The lowest BCUT2D eigenvalue weighted by Crippen LogP contribution is -2.30. The highest BCUT2D eigenvalue weighted by molar-refractivity contribution is 7.99. The number of amides is 1. The third-order valence-corrected chi connectivity index (χ3v) is 6.63. The van der Waals surface area contributed by atoms with E-state index in [-0.39, 0.29) is 29.0 Å². The Morgan fingerprint density at radius 3 is 2.17 bits per heavy atom. The lowest BCUT2D eigenvalue weighted by Gasteiger charge is -2.15. The third kappa shape index (κ3) is 5.57. The average Bonchev–Trinajstić information content (AvgIpc) is 2.81. The Kier molecular flexibility index (Phi) is 7.40. The molecule has 0 bridgehead atoms. The van der Waals surface area contributed by atoms with Crippen LogP contribution in [0.15, 0.2) is 70.6 Å². The molecule has 0 saturated carbocycles. The monoisotopic (exact) mass is 499 g/mol. The molecule has 1 N–H and O–H groups in total. The fraction of sp³-hybridized carbons (Fsp3) is 0.241. The molecule has 1 amide bonds. The molecule has 0 atom stereocenters. The Morgan fingerprint density at radius 2 is 1.53 bits per heavy atom. The molecule has 0 saturated heterocycles. The Bertz CT molecular complexity index is 1500. The number of rotatable bonds is 7. The maximum Gasteiger partial charge on any atom is 0.266 e. The van der Waals surface area contributed by atoms with Crippen LogP contribution in [0.25, 0.3) is 16.6 Å². The highest BCUT2D eigenvalue weighted by Crippen LogP contribution is 2.24. The van der Waals surface area contributed by atoms with Crippen LogP contribution in [0.5, 0.6) is 0 Å². The largest absolute Gasteiger partial charge is 0.350 e. The van der Waals surface area contributed by atoms with E-state index < -0.39 is 0 Å². The number of benzene rings is 3. The van der Waals surface area contributed by atoms with Crippen LogP contribution in [-0.4, -0.2) is 33.0 Å². The van der Waals surface area contributed by atoms with Gasteiger partial charge >= 0.3 is 0 Å². The molecule has 0 unspecified atom stereocenters. The topological polar surface area (TPSA) is 81.1 Å². The summed E-state index contributed by atoms with van der Waals surface area (Å²) < 4.78 is 1.56. The van der Waals surface area contributed by atoms with Crippen LogP contribution < -0.4 is 10.9 Å². The van der Waals surface area contributed by atoms with E-state index in [4.69, 9.17) is 4.98 Å². The molecule has 4 rings (SSSR count). The van der Waals surface area contributed by atoms with Gasteiger partial charge in [0.2, 0.25) is 0 Å². The molecule has 6 nitrogen and oxygen atoms in total. The van der Waals surface area contributed by atoms with Crippen molar-refractivity contribution in [2.75, 3.05) is 5.75 Å². The summed E-state index contributed by atoms with van der Waals surface area (Å²) in [7, 11) is 0. The van der Waals surface area contributed by atoms with Crippen molar-refractivity contribution >= 4 is 34.4 Å². The van der Waals surface area contributed by atoms with Crippen molar-refractivity contribution < 1.29 is 9.59 Å². The van der Waals surface area contributed by atoms with Gasteiger partial charge in [-0.05, 0) is 76.1 Å². The van der Waals surface area contributed by atoms with Gasteiger partial charge in [0.1, 0.15) is 0 Å². The number of carbonyl (C=O) groups excluding carboxylic acids is 2. The average molecular weight is 500 g/mol. The first-order chi connectivity index (χ1) is 17.1. The van der Waals surface area contributed by atoms with Gasteiger partial charge in [-0.3, -0.25) is 19.0 Å². The zero-order valence-electron chi connectivity index (χ0n) is 21.1. The SMILES string of the molecule is Cc1ccc(C(=O)CSc2nc3cc(C(=O)NC(C)C)ccc3c(=O)n2-c2cc(C)cc(C)c2)cc1. The molecule has 36 heavy (non-hydrogen) atoms. The molecule has 184 valence electrons. The number of ketones is 1. The number of carbonyl (C=O) groups is 2. The number of Topliss-reactive ketones (excluding diaryl/α,β-unsaturated/α-hetero) is 1. The number of nitrogens with zero attached hydrogens (tertiary/aromatic N) is 2. The molecule has 0 radical (unpaired) electrons. The van der Waals surface area contributed by atoms with Crippen molar-refractivity contribution in [2.45, 2.75) is 45.8 Å². The number of aryl methyl sites for hydroxylation is 3. The smallest absolute Gasteiger partial charge is 0.266 e. The summed E-state index contributed by atoms with van der Waals surface area (Å²) in [6.45, 7) is 9.70. The maximum absolute atomic E-state index is 13.7. The Hall–Kier alpha value is -3.71. The van der Waals surface area contributed by atoms with E-state index in [2.05, 4.69) is 5.32 Å². The van der Waals surface area contributed by atoms with Crippen LogP contribution in [0.2, 0.25) is 0 Å². The van der Waals surface area contributed by atoms with Gasteiger partial charge < -0.3 is 5.32 Å². The third-order valence-electron chi connectivity index (χ3n) is 5.69. The molecule has 1 heterocycles. The maximum atomic E-state index is 13.7. The second-order valence-corrected chi connectivity index (χ2v) is 10.3. The van der Waals surface area contributed by atoms with E-state index in [9.17, 15) is 14.4 Å². The van der Waals surface area contributed by atoms with Crippen LogP contribution in [0.3, 0.4) is 0 Å². The minimum absolute atomic E-state index is 0.0161. The lowest BCUT2D eigenvalue weighted by molar-refractivity contribution is 0.0942. The fourth-order valence-corrected chi connectivity index (χ4v) is 4.92. The van der Waals surface area contributed by atoms with Gasteiger partial charge in [0.15, 0.2) is 10.9 Å². The van der Waals surface area contributed by atoms with Gasteiger partial charge in [0.25, 0.3) is 11.5 Å². The van der Waals surface area contributed by atoms with E-state index in [1.54, 1.807) is 22.8 Å². The van der Waals surface area contributed by atoms with E-state index in [0.717, 1.165) is 16.7 Å². The second kappa shape index (κ2) is 10.5. The highest BCUT2D eigenvalue weighted by atomic mass is 32.2. The molecule has 0 spiro atoms. The quantitative estimate of drug-likeness (QED) is 0.209. The normalized spacial score (nSPS) is 11.2. The molecule has 0 fully saturated rings. The van der Waals surface area contributed by atoms with E-state index in [0.29, 0.717) is 32.9 Å². The van der Waals surface area contributed by atoms with Crippen molar-refractivity contribution in [3.05, 3.63) is 98.8 Å². The van der Waals surface area contributed by atoms with Crippen LogP contribution in [0.1, 0.15) is 51.3 Å². The molecular weight excluding hydrogens is 470 g/mol. The number of hydrogen-bond donors (Lipinski definition) is 1. The standard InChI is InChI=1S/C29H29N3O3S/c1-17(2)30-27(34)22-10-11-24-25(15-22)31-29(36-16-26(33)21-8-6-18(3)7-9-21)32(28(24)35)23-13-19(4)12-20(5)14-23/h6-15,17H,16H2,1-5H3,(H,30,34). The van der Waals surface area contributed by atoms with Gasteiger partial charge in [0.05, 0.1) is 22.3 Å². The summed E-state index contributed by atoms with van der Waals surface area (Å²) in [5.74, 6) is -0.151. The van der Waals surface area contributed by atoms with Crippen molar-refractivity contribution in [3.63, 3.8) is 0 Å². The van der Waals surface area contributed by atoms with Crippen molar-refractivity contribution in [2.24, 2.45) is 0 Å². The van der Waals surface area contributed by atoms with Gasteiger partial charge in [-0.25, -0.2) is 4.98 Å². The predicted octanol–water partition coefficient (Wildman–Crippen LogP) is 5.42. The predicted molar refractivity (Wildman–Crippen MR) is 146 cm³/mol. The second-order valence-electron chi connectivity index (χ2n) is 9.32. The van der Waals surface area contributed by atoms with Crippen LogP contribution >= 0.6 is 11.8 Å². The lowest BCUT2D eigenvalue weighted by atomic mass is 10.1. The number of hydrogen-bond acceptors (Lipinski definition) is 5. The minimum atomic E-state index is -0.244. The highest BCUT2D eigenvalue weighted by Gasteiger charge is 2.18. The van der Waals surface area contributed by atoms with Crippen LogP contribution in [0, 0.1) is 20.8 Å². The summed E-state index contributed by atoms with van der Waals surface area (Å²) in [5.41, 5.74) is 5.03. The summed E-state index contributed by atoms with van der Waals surface area (Å²) >= 11 is 1.22. The van der Waals surface area contributed by atoms with Gasteiger partial charge in [0, 0.05) is 17.2 Å². The number of thioether (sulfide) groups is 1. The summed E-state index contributed by atoms with van der Waals surface area (Å²) in [5, 5.41) is 3.67. The molecule has 0 aliphatic carbocycles. The first-order valence-corrected chi connectivity index (χ1v) is 12.8. The molecule has 0 aliphatic heterocycles. The molecule has 1 aromatic heterocycles. The summed E-state index contributed by atoms with van der Waals surface area (Å²) in [6.07, 6.45) is 0. The zero-order valence-corrected chi connectivity index (χ0v) is 21.9. The first kappa shape index (κ1) is 25.4. The molecule has 0 aliphatic rings. The fourth-order valence-electron chi connectivity index (χ4n) is 4.01. The molecule has 3 aromatic carbocycles. The number of aromatic nitrogens is 2. The molecule has 7 heteroatoms. The molecular formula is C29H29N3O3S. The van der Waals surface area contributed by atoms with Crippen molar-refractivity contribution in [3.8, 4) is 5.69 Å². The van der Waals surface area contributed by atoms with Crippen LogP contribution in [0.4, 0.5) is 0 Å². The first-order valence-electron chi connectivity index (χ1n) is 11.8. The van der Waals surface area contributed by atoms with E-state index in [1.165, 1.54) is 11.8 Å². The Morgan fingerprint density at radius 1 is 0.889 bits per heavy atom. The number of fused-ring (bicyclic) bond motifs is 1.